The van der Waals surface area contributed by atoms with E-state index in [4.69, 9.17) is 0 Å². The Hall–Kier alpha value is -1.09. The highest BCUT2D eigenvalue weighted by atomic mass is 16.3. The molecule has 18 heavy (non-hydrogen) atoms. The lowest BCUT2D eigenvalue weighted by Crippen LogP contribution is -2.26. The van der Waals surface area contributed by atoms with Gasteiger partial charge < -0.3 is 10.0 Å². The third-order valence-corrected chi connectivity index (χ3v) is 3.95. The molecule has 1 aromatic heterocycles. The molecule has 1 saturated heterocycles. The zero-order chi connectivity index (χ0) is 13.2. The highest BCUT2D eigenvalue weighted by Crippen LogP contribution is 2.32. The van der Waals surface area contributed by atoms with E-state index in [0.29, 0.717) is 5.41 Å². The minimum atomic E-state index is 0.0719. The Bertz CT molecular complexity index is 415. The molecular formula is C15H24N2O. The number of anilines is 1. The zero-order valence-corrected chi connectivity index (χ0v) is 11.7. The van der Waals surface area contributed by atoms with E-state index in [1.807, 2.05) is 6.92 Å². The molecule has 1 aliphatic rings. The zero-order valence-electron chi connectivity index (χ0n) is 11.7. The van der Waals surface area contributed by atoms with Gasteiger partial charge in [-0.1, -0.05) is 13.8 Å². The molecule has 0 bridgehead atoms. The van der Waals surface area contributed by atoms with Gasteiger partial charge in [-0.25, -0.2) is 0 Å². The van der Waals surface area contributed by atoms with E-state index in [2.05, 4.69) is 29.8 Å². The lowest BCUT2D eigenvalue weighted by Gasteiger charge is -2.26. The van der Waals surface area contributed by atoms with Gasteiger partial charge in [0.25, 0.3) is 0 Å². The van der Waals surface area contributed by atoms with Crippen LogP contribution in [0.1, 0.15) is 44.4 Å². The van der Waals surface area contributed by atoms with Crippen LogP contribution in [0.15, 0.2) is 12.3 Å². The highest BCUT2D eigenvalue weighted by Gasteiger charge is 2.24. The summed E-state index contributed by atoms with van der Waals surface area (Å²) in [6.07, 6.45) is 5.52. The summed E-state index contributed by atoms with van der Waals surface area (Å²) in [6, 6.07) is 2.10. The van der Waals surface area contributed by atoms with Crippen LogP contribution >= 0.6 is 0 Å². The lowest BCUT2D eigenvalue weighted by atomic mass is 9.85. The Kier molecular flexibility index (Phi) is 3.91. The number of pyridine rings is 1. The summed E-state index contributed by atoms with van der Waals surface area (Å²) in [5.74, 6) is 0. The number of hydrogen-bond acceptors (Lipinski definition) is 3. The largest absolute Gasteiger partial charge is 0.392 e. The maximum Gasteiger partial charge on any atom is 0.0717 e. The molecule has 1 aromatic rings. The summed E-state index contributed by atoms with van der Waals surface area (Å²) in [4.78, 5) is 6.68. The SMILES string of the molecule is Cc1cc(N2CCCC(C)(C)CC2)c(CO)cn1. The van der Waals surface area contributed by atoms with E-state index in [9.17, 15) is 5.11 Å². The van der Waals surface area contributed by atoms with Crippen molar-refractivity contribution >= 4 is 5.69 Å². The summed E-state index contributed by atoms with van der Waals surface area (Å²) < 4.78 is 0. The Balaban J connectivity index is 2.23. The quantitative estimate of drug-likeness (QED) is 0.874. The van der Waals surface area contributed by atoms with Gasteiger partial charge in [-0.05, 0) is 37.7 Å². The molecular weight excluding hydrogens is 224 g/mol. The summed E-state index contributed by atoms with van der Waals surface area (Å²) in [6.45, 7) is 8.93. The van der Waals surface area contributed by atoms with Gasteiger partial charge in [-0.3, -0.25) is 4.98 Å². The van der Waals surface area contributed by atoms with Crippen LogP contribution in [0.2, 0.25) is 0 Å². The number of hydrogen-bond donors (Lipinski definition) is 1. The molecule has 0 radical (unpaired) electrons. The van der Waals surface area contributed by atoms with Gasteiger partial charge in [0.05, 0.1) is 6.61 Å². The maximum absolute atomic E-state index is 9.45. The van der Waals surface area contributed by atoms with Crippen molar-refractivity contribution in [2.45, 2.75) is 46.6 Å². The van der Waals surface area contributed by atoms with Gasteiger partial charge in [-0.2, -0.15) is 0 Å². The molecule has 0 spiro atoms. The Morgan fingerprint density at radius 2 is 2.11 bits per heavy atom. The molecule has 2 rings (SSSR count). The second-order valence-electron chi connectivity index (χ2n) is 6.12. The van der Waals surface area contributed by atoms with Crippen molar-refractivity contribution in [2.75, 3.05) is 18.0 Å². The van der Waals surface area contributed by atoms with Crippen molar-refractivity contribution in [3.8, 4) is 0 Å². The van der Waals surface area contributed by atoms with Crippen molar-refractivity contribution in [2.24, 2.45) is 5.41 Å². The van der Waals surface area contributed by atoms with E-state index in [-0.39, 0.29) is 6.61 Å². The summed E-state index contributed by atoms with van der Waals surface area (Å²) in [5, 5.41) is 9.45. The molecule has 100 valence electrons. The molecule has 1 aliphatic heterocycles. The van der Waals surface area contributed by atoms with Crippen LogP contribution < -0.4 is 4.90 Å². The molecule has 0 aliphatic carbocycles. The molecule has 3 nitrogen and oxygen atoms in total. The van der Waals surface area contributed by atoms with Crippen LogP contribution in [-0.4, -0.2) is 23.2 Å². The second kappa shape index (κ2) is 5.27. The van der Waals surface area contributed by atoms with Gasteiger partial charge in [-0.15, -0.1) is 0 Å². The second-order valence-corrected chi connectivity index (χ2v) is 6.12. The van der Waals surface area contributed by atoms with Crippen molar-refractivity contribution < 1.29 is 5.11 Å². The van der Waals surface area contributed by atoms with Gasteiger partial charge in [0.2, 0.25) is 0 Å². The molecule has 0 saturated carbocycles. The molecule has 0 aromatic carbocycles. The molecule has 1 N–H and O–H groups in total. The minimum absolute atomic E-state index is 0.0719. The molecule has 3 heteroatoms. The Morgan fingerprint density at radius 1 is 1.33 bits per heavy atom. The normalized spacial score (nSPS) is 19.7. The van der Waals surface area contributed by atoms with Crippen LogP contribution in [0.5, 0.6) is 0 Å². The van der Waals surface area contributed by atoms with E-state index >= 15 is 0 Å². The first kappa shape index (κ1) is 13.3. The van der Waals surface area contributed by atoms with E-state index in [0.717, 1.165) is 24.3 Å². The number of nitrogens with zero attached hydrogens (tertiary/aromatic N) is 2. The monoisotopic (exact) mass is 248 g/mol. The smallest absolute Gasteiger partial charge is 0.0717 e. The van der Waals surface area contributed by atoms with E-state index in [1.54, 1.807) is 6.20 Å². The third-order valence-electron chi connectivity index (χ3n) is 3.95. The van der Waals surface area contributed by atoms with Crippen LogP contribution in [0.25, 0.3) is 0 Å². The average Bonchev–Trinajstić information content (AvgIpc) is 2.50. The number of aromatic nitrogens is 1. The van der Waals surface area contributed by atoms with E-state index in [1.165, 1.54) is 24.9 Å². The van der Waals surface area contributed by atoms with Crippen molar-refractivity contribution in [3.05, 3.63) is 23.5 Å². The molecule has 0 unspecified atom stereocenters. The number of aryl methyl sites for hydroxylation is 1. The standard InChI is InChI=1S/C15H24N2O/c1-12-9-14(13(11-18)10-16-12)17-7-4-5-15(2,3)6-8-17/h9-10,18H,4-8,11H2,1-3H3. The first-order valence-corrected chi connectivity index (χ1v) is 6.83. The van der Waals surface area contributed by atoms with Crippen molar-refractivity contribution in [1.29, 1.82) is 0 Å². The van der Waals surface area contributed by atoms with Gasteiger partial charge in [0.15, 0.2) is 0 Å². The van der Waals surface area contributed by atoms with Crippen molar-refractivity contribution in [3.63, 3.8) is 0 Å². The highest BCUT2D eigenvalue weighted by molar-refractivity contribution is 5.53. The number of aliphatic hydroxyl groups excluding tert-OH is 1. The third kappa shape index (κ3) is 3.02. The fourth-order valence-corrected chi connectivity index (χ4v) is 2.65. The van der Waals surface area contributed by atoms with Crippen LogP contribution in [0.3, 0.4) is 0 Å². The minimum Gasteiger partial charge on any atom is -0.392 e. The molecule has 2 heterocycles. The van der Waals surface area contributed by atoms with Gasteiger partial charge in [0, 0.05) is 36.2 Å². The van der Waals surface area contributed by atoms with Gasteiger partial charge >= 0.3 is 0 Å². The fourth-order valence-electron chi connectivity index (χ4n) is 2.65. The number of rotatable bonds is 2. The Labute approximate surface area is 110 Å². The molecule has 1 fully saturated rings. The van der Waals surface area contributed by atoms with Crippen LogP contribution in [0.4, 0.5) is 5.69 Å². The van der Waals surface area contributed by atoms with Gasteiger partial charge in [0.1, 0.15) is 0 Å². The lowest BCUT2D eigenvalue weighted by molar-refractivity contribution is 0.281. The average molecular weight is 248 g/mol. The Morgan fingerprint density at radius 3 is 2.83 bits per heavy atom. The van der Waals surface area contributed by atoms with Crippen molar-refractivity contribution in [1.82, 2.24) is 4.98 Å². The maximum atomic E-state index is 9.45. The summed E-state index contributed by atoms with van der Waals surface area (Å²) >= 11 is 0. The number of aliphatic hydroxyl groups is 1. The topological polar surface area (TPSA) is 36.4 Å². The predicted molar refractivity (Wildman–Crippen MR) is 74.7 cm³/mol. The van der Waals surface area contributed by atoms with Crippen LogP contribution in [-0.2, 0) is 6.61 Å². The first-order valence-electron chi connectivity index (χ1n) is 6.83. The van der Waals surface area contributed by atoms with Crippen LogP contribution in [0, 0.1) is 12.3 Å². The summed E-state index contributed by atoms with van der Waals surface area (Å²) in [5.41, 5.74) is 3.57. The predicted octanol–water partition coefficient (Wildman–Crippen LogP) is 2.90. The van der Waals surface area contributed by atoms with E-state index < -0.39 is 0 Å². The molecule has 0 atom stereocenters. The molecule has 0 amide bonds. The fraction of sp³-hybridized carbons (Fsp3) is 0.667. The summed E-state index contributed by atoms with van der Waals surface area (Å²) in [7, 11) is 0. The first-order chi connectivity index (χ1) is 8.52.